The molecule has 0 saturated carbocycles. The van der Waals surface area contributed by atoms with Crippen LogP contribution in [0.3, 0.4) is 0 Å². The lowest BCUT2D eigenvalue weighted by molar-refractivity contribution is -0.0628. The van der Waals surface area contributed by atoms with E-state index < -0.39 is 12.0 Å². The van der Waals surface area contributed by atoms with E-state index in [4.69, 9.17) is 9.47 Å². The van der Waals surface area contributed by atoms with Crippen LogP contribution in [0.2, 0.25) is 0 Å². The molecule has 2 aliphatic heterocycles. The summed E-state index contributed by atoms with van der Waals surface area (Å²) in [5.41, 5.74) is 1.16. The average Bonchev–Trinajstić information content (AvgIpc) is 2.97. The Kier molecular flexibility index (Phi) is 8.09. The van der Waals surface area contributed by atoms with Crippen molar-refractivity contribution >= 4 is 0 Å². The highest BCUT2D eigenvalue weighted by atomic mass is 19.3. The van der Waals surface area contributed by atoms with E-state index in [1.807, 2.05) is 17.0 Å². The first-order chi connectivity index (χ1) is 13.9. The van der Waals surface area contributed by atoms with Crippen molar-refractivity contribution in [2.24, 2.45) is 0 Å². The van der Waals surface area contributed by atoms with E-state index in [1.54, 1.807) is 7.11 Å². The SMILES string of the molecule is COc1ccc(CN2CCCCCC2)cc1OCC(O)CN1CCC(F)(F)CC1. The lowest BCUT2D eigenvalue weighted by atomic mass is 10.1. The number of ether oxygens (including phenoxy) is 2. The van der Waals surface area contributed by atoms with E-state index in [0.717, 1.165) is 25.2 Å². The summed E-state index contributed by atoms with van der Waals surface area (Å²) in [6.45, 7) is 4.18. The highest BCUT2D eigenvalue weighted by molar-refractivity contribution is 5.43. The number of rotatable bonds is 8. The van der Waals surface area contributed by atoms with Gasteiger partial charge in [-0.3, -0.25) is 4.90 Å². The summed E-state index contributed by atoms with van der Waals surface area (Å²) in [6.07, 6.45) is 4.07. The van der Waals surface area contributed by atoms with Crippen LogP contribution >= 0.6 is 0 Å². The molecule has 5 nitrogen and oxygen atoms in total. The van der Waals surface area contributed by atoms with Crippen LogP contribution in [0.1, 0.15) is 44.1 Å². The Bertz CT molecular complexity index is 626. The van der Waals surface area contributed by atoms with E-state index in [-0.39, 0.29) is 19.4 Å². The van der Waals surface area contributed by atoms with Gasteiger partial charge in [0.2, 0.25) is 0 Å². The number of alkyl halides is 2. The quantitative estimate of drug-likeness (QED) is 0.708. The second-order valence-electron chi connectivity index (χ2n) is 8.30. The summed E-state index contributed by atoms with van der Waals surface area (Å²) >= 11 is 0. The molecule has 0 bridgehead atoms. The zero-order valence-electron chi connectivity index (χ0n) is 17.4. The Morgan fingerprint density at radius 3 is 2.34 bits per heavy atom. The third-order valence-corrected chi connectivity index (χ3v) is 5.82. The van der Waals surface area contributed by atoms with Gasteiger partial charge in [0.15, 0.2) is 11.5 Å². The van der Waals surface area contributed by atoms with Gasteiger partial charge >= 0.3 is 0 Å². The van der Waals surface area contributed by atoms with Crippen LogP contribution in [0, 0.1) is 0 Å². The fourth-order valence-corrected chi connectivity index (χ4v) is 4.08. The van der Waals surface area contributed by atoms with Gasteiger partial charge in [0.1, 0.15) is 12.7 Å². The van der Waals surface area contributed by atoms with Crippen LogP contribution in [0.5, 0.6) is 11.5 Å². The number of aliphatic hydroxyl groups excluding tert-OH is 1. The lowest BCUT2D eigenvalue weighted by Gasteiger charge is -2.32. The van der Waals surface area contributed by atoms with Crippen molar-refractivity contribution in [3.63, 3.8) is 0 Å². The molecule has 7 heteroatoms. The number of hydrogen-bond acceptors (Lipinski definition) is 5. The molecule has 0 aliphatic carbocycles. The number of piperidine rings is 1. The van der Waals surface area contributed by atoms with E-state index >= 15 is 0 Å². The molecular formula is C22H34F2N2O3. The fraction of sp³-hybridized carbons (Fsp3) is 0.727. The summed E-state index contributed by atoms with van der Waals surface area (Å²) in [5.74, 6) is -1.32. The topological polar surface area (TPSA) is 45.2 Å². The molecule has 0 radical (unpaired) electrons. The third-order valence-electron chi connectivity index (χ3n) is 5.82. The van der Waals surface area contributed by atoms with E-state index in [0.29, 0.717) is 31.1 Å². The van der Waals surface area contributed by atoms with Gasteiger partial charge in [-0.1, -0.05) is 18.9 Å². The second kappa shape index (κ2) is 10.5. The third kappa shape index (κ3) is 7.08. The molecule has 0 aromatic heterocycles. The predicted octanol–water partition coefficient (Wildman–Crippen LogP) is 3.54. The molecule has 29 heavy (non-hydrogen) atoms. The van der Waals surface area contributed by atoms with E-state index in [1.165, 1.54) is 25.7 Å². The fourth-order valence-electron chi connectivity index (χ4n) is 4.08. The van der Waals surface area contributed by atoms with Gasteiger partial charge in [0, 0.05) is 39.0 Å². The Morgan fingerprint density at radius 1 is 1.00 bits per heavy atom. The van der Waals surface area contributed by atoms with Gasteiger partial charge in [-0.05, 0) is 43.6 Å². The molecular weight excluding hydrogens is 378 g/mol. The number of halogens is 2. The maximum absolute atomic E-state index is 13.3. The summed E-state index contributed by atoms with van der Waals surface area (Å²) in [6, 6.07) is 5.94. The normalized spacial score (nSPS) is 22.1. The summed E-state index contributed by atoms with van der Waals surface area (Å²) in [4.78, 5) is 4.35. The zero-order valence-corrected chi connectivity index (χ0v) is 17.4. The van der Waals surface area contributed by atoms with Gasteiger partial charge in [0.25, 0.3) is 5.92 Å². The molecule has 1 N–H and O–H groups in total. The van der Waals surface area contributed by atoms with Crippen LogP contribution in [-0.2, 0) is 6.54 Å². The average molecular weight is 413 g/mol. The predicted molar refractivity (Wildman–Crippen MR) is 109 cm³/mol. The minimum atomic E-state index is -2.57. The van der Waals surface area contributed by atoms with Crippen molar-refractivity contribution in [3.05, 3.63) is 23.8 Å². The first-order valence-electron chi connectivity index (χ1n) is 10.8. The van der Waals surface area contributed by atoms with Crippen molar-refractivity contribution in [3.8, 4) is 11.5 Å². The molecule has 1 aromatic rings. The number of aliphatic hydroxyl groups is 1. The Balaban J connectivity index is 1.52. The smallest absolute Gasteiger partial charge is 0.250 e. The van der Waals surface area contributed by atoms with Gasteiger partial charge in [-0.15, -0.1) is 0 Å². The number of likely N-dealkylation sites (tertiary alicyclic amines) is 2. The van der Waals surface area contributed by atoms with Crippen molar-refractivity contribution in [2.45, 2.75) is 57.1 Å². The molecule has 0 amide bonds. The van der Waals surface area contributed by atoms with Crippen LogP contribution in [-0.4, -0.2) is 73.4 Å². The van der Waals surface area contributed by atoms with Crippen molar-refractivity contribution in [1.82, 2.24) is 9.80 Å². The molecule has 0 spiro atoms. The van der Waals surface area contributed by atoms with Gasteiger partial charge in [0.05, 0.1) is 7.11 Å². The zero-order chi connectivity index (χ0) is 20.7. The number of β-amino-alcohol motifs (C(OH)–C–C–N with tert-alkyl or cyclic N) is 1. The van der Waals surface area contributed by atoms with Crippen molar-refractivity contribution in [1.29, 1.82) is 0 Å². The maximum atomic E-state index is 13.3. The number of methoxy groups -OCH3 is 1. The Morgan fingerprint density at radius 2 is 1.69 bits per heavy atom. The Labute approximate surface area is 172 Å². The standard InChI is InChI=1S/C22H34F2N2O3/c1-28-20-7-6-18(15-25-10-4-2-3-5-11-25)14-21(20)29-17-19(27)16-26-12-8-22(23,24)9-13-26/h6-7,14,19,27H,2-5,8-13,15-17H2,1H3. The minimum absolute atomic E-state index is 0.108. The molecule has 3 rings (SSSR count). The Hall–Kier alpha value is -1.44. The molecule has 1 aromatic carbocycles. The van der Waals surface area contributed by atoms with E-state index in [2.05, 4.69) is 11.0 Å². The first kappa shape index (κ1) is 22.2. The highest BCUT2D eigenvalue weighted by Gasteiger charge is 2.34. The maximum Gasteiger partial charge on any atom is 0.250 e. The molecule has 2 fully saturated rings. The number of nitrogens with zero attached hydrogens (tertiary/aromatic N) is 2. The van der Waals surface area contributed by atoms with Crippen LogP contribution < -0.4 is 9.47 Å². The van der Waals surface area contributed by atoms with Crippen molar-refractivity contribution < 1.29 is 23.4 Å². The van der Waals surface area contributed by atoms with Crippen molar-refractivity contribution in [2.75, 3.05) is 46.4 Å². The van der Waals surface area contributed by atoms with Crippen LogP contribution in [0.25, 0.3) is 0 Å². The summed E-state index contributed by atoms with van der Waals surface area (Å²) < 4.78 is 37.8. The van der Waals surface area contributed by atoms with Gasteiger partial charge in [-0.25, -0.2) is 8.78 Å². The number of benzene rings is 1. The monoisotopic (exact) mass is 412 g/mol. The van der Waals surface area contributed by atoms with Crippen LogP contribution in [0.4, 0.5) is 8.78 Å². The van der Waals surface area contributed by atoms with E-state index in [9.17, 15) is 13.9 Å². The molecule has 2 heterocycles. The molecule has 1 atom stereocenters. The van der Waals surface area contributed by atoms with Gasteiger partial charge in [-0.2, -0.15) is 0 Å². The molecule has 1 unspecified atom stereocenters. The lowest BCUT2D eigenvalue weighted by Crippen LogP contribution is -2.44. The van der Waals surface area contributed by atoms with Crippen LogP contribution in [0.15, 0.2) is 18.2 Å². The minimum Gasteiger partial charge on any atom is -0.493 e. The highest BCUT2D eigenvalue weighted by Crippen LogP contribution is 2.30. The molecule has 2 aliphatic rings. The number of hydrogen-bond donors (Lipinski definition) is 1. The summed E-state index contributed by atoms with van der Waals surface area (Å²) in [5, 5.41) is 10.3. The largest absolute Gasteiger partial charge is 0.493 e. The molecule has 2 saturated heterocycles. The first-order valence-corrected chi connectivity index (χ1v) is 10.8. The summed E-state index contributed by atoms with van der Waals surface area (Å²) in [7, 11) is 1.60. The second-order valence-corrected chi connectivity index (χ2v) is 8.30. The molecule has 164 valence electrons. The van der Waals surface area contributed by atoms with Gasteiger partial charge < -0.3 is 19.5 Å².